The van der Waals surface area contributed by atoms with Crippen molar-refractivity contribution in [3.8, 4) is 22.6 Å². The molecule has 0 spiro atoms. The number of aryl methyl sites for hydroxylation is 3. The average Bonchev–Trinajstić information content (AvgIpc) is 3.27. The maximum Gasteiger partial charge on any atom is 0.244 e. The SMILES string of the molecule is COc1cccc(CNC(=O)/C=C(\C)c2cc3c(-c4ccc(C)cc4C)coc3c(C)c2OC)c1. The Kier molecular flexibility index (Phi) is 6.97. The normalized spacial score (nSPS) is 11.5. The van der Waals surface area contributed by atoms with Crippen LogP contribution in [0.3, 0.4) is 0 Å². The van der Waals surface area contributed by atoms with Crippen LogP contribution in [0.1, 0.15) is 34.7 Å². The summed E-state index contributed by atoms with van der Waals surface area (Å²) in [7, 11) is 3.27. The molecule has 1 N–H and O–H groups in total. The van der Waals surface area contributed by atoms with Gasteiger partial charge in [0.2, 0.25) is 5.91 Å². The summed E-state index contributed by atoms with van der Waals surface area (Å²) in [6.07, 6.45) is 3.42. The molecule has 180 valence electrons. The minimum absolute atomic E-state index is 0.174. The number of amides is 1. The Bertz CT molecular complexity index is 1430. The molecule has 35 heavy (non-hydrogen) atoms. The van der Waals surface area contributed by atoms with Crippen LogP contribution in [-0.4, -0.2) is 20.1 Å². The Morgan fingerprint density at radius 3 is 2.51 bits per heavy atom. The van der Waals surface area contributed by atoms with Crippen molar-refractivity contribution in [1.29, 1.82) is 0 Å². The van der Waals surface area contributed by atoms with E-state index in [0.29, 0.717) is 12.3 Å². The highest BCUT2D eigenvalue weighted by atomic mass is 16.5. The van der Waals surface area contributed by atoms with Gasteiger partial charge in [0.25, 0.3) is 0 Å². The first kappa shape index (κ1) is 24.1. The number of hydrogen-bond acceptors (Lipinski definition) is 4. The van der Waals surface area contributed by atoms with Crippen LogP contribution in [-0.2, 0) is 11.3 Å². The van der Waals surface area contributed by atoms with Gasteiger partial charge in [0.05, 0.1) is 20.5 Å². The zero-order valence-corrected chi connectivity index (χ0v) is 21.1. The molecule has 0 fully saturated rings. The van der Waals surface area contributed by atoms with Gasteiger partial charge in [-0.05, 0) is 68.2 Å². The van der Waals surface area contributed by atoms with Gasteiger partial charge in [0.1, 0.15) is 17.1 Å². The maximum absolute atomic E-state index is 12.7. The van der Waals surface area contributed by atoms with Crippen LogP contribution in [0.4, 0.5) is 0 Å². The van der Waals surface area contributed by atoms with E-state index in [2.05, 4.69) is 43.4 Å². The first-order chi connectivity index (χ1) is 16.8. The first-order valence-electron chi connectivity index (χ1n) is 11.6. The number of methoxy groups -OCH3 is 2. The Balaban J connectivity index is 1.68. The molecule has 0 atom stereocenters. The minimum atomic E-state index is -0.174. The number of ether oxygens (including phenoxy) is 2. The molecule has 4 aromatic rings. The molecule has 5 nitrogen and oxygen atoms in total. The Hall–Kier alpha value is -3.99. The lowest BCUT2D eigenvalue weighted by Gasteiger charge is -2.14. The average molecular weight is 470 g/mol. The van der Waals surface area contributed by atoms with Crippen LogP contribution in [0.2, 0.25) is 0 Å². The standard InChI is InChI=1S/C30H31NO4/c1-18-10-11-24(19(2)12-18)27-17-35-30-21(4)29(34-6)25(15-26(27)30)20(3)13-28(32)31-16-22-8-7-9-23(14-22)33-5/h7-15,17H,16H2,1-6H3,(H,31,32)/b20-13+. The molecule has 1 aromatic heterocycles. The molecule has 3 aromatic carbocycles. The van der Waals surface area contributed by atoms with Crippen molar-refractivity contribution in [2.75, 3.05) is 14.2 Å². The summed E-state index contributed by atoms with van der Waals surface area (Å²) in [4.78, 5) is 12.7. The molecule has 0 bridgehead atoms. The second kappa shape index (κ2) is 10.1. The van der Waals surface area contributed by atoms with Gasteiger partial charge in [-0.15, -0.1) is 0 Å². The van der Waals surface area contributed by atoms with Crippen molar-refractivity contribution in [1.82, 2.24) is 5.32 Å². The van der Waals surface area contributed by atoms with E-state index in [1.165, 1.54) is 11.1 Å². The number of furan rings is 1. The van der Waals surface area contributed by atoms with Gasteiger partial charge >= 0.3 is 0 Å². The van der Waals surface area contributed by atoms with Crippen molar-refractivity contribution < 1.29 is 18.7 Å². The molecule has 0 unspecified atom stereocenters. The molecule has 0 aliphatic heterocycles. The van der Waals surface area contributed by atoms with E-state index in [0.717, 1.165) is 50.1 Å². The first-order valence-corrected chi connectivity index (χ1v) is 11.6. The molecular formula is C30H31NO4. The van der Waals surface area contributed by atoms with E-state index in [4.69, 9.17) is 13.9 Å². The Morgan fingerprint density at radius 2 is 1.80 bits per heavy atom. The van der Waals surface area contributed by atoms with E-state index in [9.17, 15) is 4.79 Å². The summed E-state index contributed by atoms with van der Waals surface area (Å²) in [5, 5.41) is 3.95. The fourth-order valence-electron chi connectivity index (χ4n) is 4.49. The van der Waals surface area contributed by atoms with E-state index in [-0.39, 0.29) is 5.91 Å². The van der Waals surface area contributed by atoms with Crippen molar-refractivity contribution in [2.24, 2.45) is 0 Å². The largest absolute Gasteiger partial charge is 0.497 e. The number of nitrogens with one attached hydrogen (secondary N) is 1. The van der Waals surface area contributed by atoms with E-state index < -0.39 is 0 Å². The summed E-state index contributed by atoms with van der Waals surface area (Å²) < 4.78 is 17.0. The highest BCUT2D eigenvalue weighted by Gasteiger charge is 2.19. The van der Waals surface area contributed by atoms with Crippen LogP contribution in [0.5, 0.6) is 11.5 Å². The van der Waals surface area contributed by atoms with Crippen LogP contribution in [0.15, 0.2) is 65.3 Å². The van der Waals surface area contributed by atoms with E-state index >= 15 is 0 Å². The third kappa shape index (κ3) is 4.94. The van der Waals surface area contributed by atoms with Gasteiger partial charge in [-0.3, -0.25) is 4.79 Å². The number of fused-ring (bicyclic) bond motifs is 1. The fraction of sp³-hybridized carbons (Fsp3) is 0.233. The van der Waals surface area contributed by atoms with Gasteiger partial charge in [0, 0.05) is 34.7 Å². The van der Waals surface area contributed by atoms with Gasteiger partial charge in [-0.1, -0.05) is 35.9 Å². The summed E-state index contributed by atoms with van der Waals surface area (Å²) in [6, 6.07) is 16.1. The van der Waals surface area contributed by atoms with Crippen LogP contribution >= 0.6 is 0 Å². The lowest BCUT2D eigenvalue weighted by Crippen LogP contribution is -2.20. The second-order valence-electron chi connectivity index (χ2n) is 8.82. The predicted octanol–water partition coefficient (Wildman–Crippen LogP) is 6.76. The monoisotopic (exact) mass is 469 g/mol. The van der Waals surface area contributed by atoms with Crippen molar-refractivity contribution in [2.45, 2.75) is 34.2 Å². The summed E-state index contributed by atoms with van der Waals surface area (Å²) in [5.74, 6) is 1.29. The molecule has 0 aliphatic rings. The number of carbonyl (C=O) groups is 1. The van der Waals surface area contributed by atoms with Gasteiger partial charge < -0.3 is 19.2 Å². The molecule has 4 rings (SSSR count). The number of rotatable bonds is 7. The third-order valence-electron chi connectivity index (χ3n) is 6.29. The van der Waals surface area contributed by atoms with Gasteiger partial charge in [-0.2, -0.15) is 0 Å². The summed E-state index contributed by atoms with van der Waals surface area (Å²) >= 11 is 0. The molecule has 1 heterocycles. The zero-order chi connectivity index (χ0) is 25.1. The topological polar surface area (TPSA) is 60.7 Å². The number of carbonyl (C=O) groups excluding carboxylic acids is 1. The molecule has 5 heteroatoms. The third-order valence-corrected chi connectivity index (χ3v) is 6.29. The van der Waals surface area contributed by atoms with Crippen molar-refractivity contribution >= 4 is 22.4 Å². The highest BCUT2D eigenvalue weighted by molar-refractivity contribution is 6.02. The summed E-state index contributed by atoms with van der Waals surface area (Å²) in [6.45, 7) is 8.51. The molecule has 1 amide bonds. The molecule has 0 saturated carbocycles. The smallest absolute Gasteiger partial charge is 0.244 e. The molecular weight excluding hydrogens is 438 g/mol. The molecule has 0 saturated heterocycles. The number of hydrogen-bond donors (Lipinski definition) is 1. The zero-order valence-electron chi connectivity index (χ0n) is 21.1. The molecule has 0 aliphatic carbocycles. The van der Waals surface area contributed by atoms with Gasteiger partial charge in [0.15, 0.2) is 0 Å². The Morgan fingerprint density at radius 1 is 1.00 bits per heavy atom. The van der Waals surface area contributed by atoms with Crippen molar-refractivity contribution in [3.63, 3.8) is 0 Å². The Labute approximate surface area is 206 Å². The van der Waals surface area contributed by atoms with Crippen molar-refractivity contribution in [3.05, 3.63) is 88.7 Å². The quantitative estimate of drug-likeness (QED) is 0.304. The number of benzene rings is 3. The fourth-order valence-corrected chi connectivity index (χ4v) is 4.49. The van der Waals surface area contributed by atoms with Crippen LogP contribution in [0.25, 0.3) is 27.7 Å². The lowest BCUT2D eigenvalue weighted by molar-refractivity contribution is -0.116. The highest BCUT2D eigenvalue weighted by Crippen LogP contribution is 2.41. The van der Waals surface area contributed by atoms with Gasteiger partial charge in [-0.25, -0.2) is 0 Å². The summed E-state index contributed by atoms with van der Waals surface area (Å²) in [5.41, 5.74) is 8.89. The van der Waals surface area contributed by atoms with Crippen LogP contribution < -0.4 is 14.8 Å². The lowest BCUT2D eigenvalue weighted by atomic mass is 9.94. The van der Waals surface area contributed by atoms with E-state index in [1.54, 1.807) is 26.6 Å². The maximum atomic E-state index is 12.7. The molecule has 0 radical (unpaired) electrons. The van der Waals surface area contributed by atoms with Crippen LogP contribution in [0, 0.1) is 20.8 Å². The second-order valence-corrected chi connectivity index (χ2v) is 8.82. The number of allylic oxidation sites excluding steroid dienone is 1. The van der Waals surface area contributed by atoms with E-state index in [1.807, 2.05) is 38.1 Å². The predicted molar refractivity (Wildman–Crippen MR) is 141 cm³/mol. The minimum Gasteiger partial charge on any atom is -0.497 e.